The van der Waals surface area contributed by atoms with Gasteiger partial charge in [-0.05, 0) is 55.4 Å². The second-order valence-corrected chi connectivity index (χ2v) is 9.58. The first-order valence-corrected chi connectivity index (χ1v) is 10.8. The average Bonchev–Trinajstić information content (AvgIpc) is 3.12. The molecule has 2 aliphatic heterocycles. The van der Waals surface area contributed by atoms with Crippen LogP contribution in [-0.4, -0.2) is 51.0 Å². The normalized spacial score (nSPS) is 27.4. The number of carbonyl (C=O) groups excluding carboxylic acids is 1. The van der Waals surface area contributed by atoms with Crippen molar-refractivity contribution in [3.63, 3.8) is 0 Å². The molecule has 0 saturated carbocycles. The molecule has 1 amide bonds. The standard InChI is InChI=1S/C19H28N2O4S/c1-14-10-15(2)13-21(12-14)26(23,24)18-7-5-16(6-8-18)19(22)20-11-17-4-3-9-25-17/h5-8,14-15,17H,3-4,9-13H2,1-2H3,(H,20,22)/t14-,15+,17-/m0/s1. The second kappa shape index (κ2) is 8.06. The van der Waals surface area contributed by atoms with Crippen LogP contribution in [0.1, 0.15) is 43.5 Å². The molecule has 0 radical (unpaired) electrons. The van der Waals surface area contributed by atoms with Gasteiger partial charge in [0.1, 0.15) is 0 Å². The van der Waals surface area contributed by atoms with Gasteiger partial charge in [-0.15, -0.1) is 0 Å². The molecule has 1 N–H and O–H groups in total. The van der Waals surface area contributed by atoms with E-state index in [-0.39, 0.29) is 16.9 Å². The quantitative estimate of drug-likeness (QED) is 0.850. The summed E-state index contributed by atoms with van der Waals surface area (Å²) in [5.74, 6) is 0.512. The number of amides is 1. The lowest BCUT2D eigenvalue weighted by Gasteiger charge is -2.34. The van der Waals surface area contributed by atoms with Crippen molar-refractivity contribution in [3.8, 4) is 0 Å². The van der Waals surface area contributed by atoms with Crippen LogP contribution in [0.3, 0.4) is 0 Å². The van der Waals surface area contributed by atoms with Gasteiger partial charge in [0.2, 0.25) is 10.0 Å². The Morgan fingerprint density at radius 2 is 1.85 bits per heavy atom. The van der Waals surface area contributed by atoms with E-state index >= 15 is 0 Å². The molecule has 0 aromatic heterocycles. The molecule has 7 heteroatoms. The summed E-state index contributed by atoms with van der Waals surface area (Å²) in [7, 11) is -3.51. The van der Waals surface area contributed by atoms with Gasteiger partial charge >= 0.3 is 0 Å². The van der Waals surface area contributed by atoms with E-state index in [0.717, 1.165) is 25.9 Å². The highest BCUT2D eigenvalue weighted by Crippen LogP contribution is 2.26. The van der Waals surface area contributed by atoms with Crippen LogP contribution in [0.5, 0.6) is 0 Å². The van der Waals surface area contributed by atoms with Crippen LogP contribution < -0.4 is 5.32 Å². The largest absolute Gasteiger partial charge is 0.376 e. The second-order valence-electron chi connectivity index (χ2n) is 7.64. The minimum absolute atomic E-state index is 0.0849. The fraction of sp³-hybridized carbons (Fsp3) is 0.632. The van der Waals surface area contributed by atoms with E-state index in [1.807, 2.05) is 0 Å². The lowest BCUT2D eigenvalue weighted by molar-refractivity contribution is 0.0857. The summed E-state index contributed by atoms with van der Waals surface area (Å²) in [5, 5.41) is 2.85. The lowest BCUT2D eigenvalue weighted by Crippen LogP contribution is -2.42. The number of piperidine rings is 1. The minimum atomic E-state index is -3.51. The van der Waals surface area contributed by atoms with E-state index in [0.29, 0.717) is 37.0 Å². The molecule has 0 bridgehead atoms. The molecule has 2 fully saturated rings. The van der Waals surface area contributed by atoms with E-state index in [2.05, 4.69) is 19.2 Å². The van der Waals surface area contributed by atoms with Gasteiger partial charge in [0.15, 0.2) is 0 Å². The molecular formula is C19H28N2O4S. The number of hydrogen-bond acceptors (Lipinski definition) is 4. The molecule has 2 heterocycles. The highest BCUT2D eigenvalue weighted by Gasteiger charge is 2.31. The molecule has 144 valence electrons. The summed E-state index contributed by atoms with van der Waals surface area (Å²) in [6.45, 7) is 6.51. The zero-order valence-corrected chi connectivity index (χ0v) is 16.3. The van der Waals surface area contributed by atoms with Gasteiger partial charge in [-0.1, -0.05) is 13.8 Å². The third-order valence-electron chi connectivity index (χ3n) is 5.10. The van der Waals surface area contributed by atoms with Crippen LogP contribution in [0.4, 0.5) is 0 Å². The van der Waals surface area contributed by atoms with Crippen LogP contribution in [-0.2, 0) is 14.8 Å². The van der Waals surface area contributed by atoms with Gasteiger partial charge in [0, 0.05) is 31.8 Å². The minimum Gasteiger partial charge on any atom is -0.376 e. The van der Waals surface area contributed by atoms with Crippen molar-refractivity contribution in [1.29, 1.82) is 0 Å². The lowest BCUT2D eigenvalue weighted by atomic mass is 9.94. The number of benzene rings is 1. The third kappa shape index (κ3) is 4.45. The average molecular weight is 381 g/mol. The predicted molar refractivity (Wildman–Crippen MR) is 99.5 cm³/mol. The van der Waals surface area contributed by atoms with Crippen molar-refractivity contribution in [2.75, 3.05) is 26.2 Å². The summed E-state index contributed by atoms with van der Waals surface area (Å²) < 4.78 is 32.8. The van der Waals surface area contributed by atoms with Crippen LogP contribution in [0.15, 0.2) is 29.2 Å². The number of carbonyl (C=O) groups is 1. The summed E-state index contributed by atoms with van der Waals surface area (Å²) in [5.41, 5.74) is 0.460. The Morgan fingerprint density at radius 1 is 1.19 bits per heavy atom. The highest BCUT2D eigenvalue weighted by molar-refractivity contribution is 7.89. The third-order valence-corrected chi connectivity index (χ3v) is 6.95. The topological polar surface area (TPSA) is 75.7 Å². The summed E-state index contributed by atoms with van der Waals surface area (Å²) in [6, 6.07) is 6.21. The van der Waals surface area contributed by atoms with Crippen molar-refractivity contribution in [2.45, 2.75) is 44.1 Å². The molecular weight excluding hydrogens is 352 g/mol. The molecule has 26 heavy (non-hydrogen) atoms. The van der Waals surface area contributed by atoms with Gasteiger partial charge in [0.25, 0.3) is 5.91 Å². The summed E-state index contributed by atoms with van der Waals surface area (Å²) in [6.07, 6.45) is 3.13. The number of nitrogens with zero attached hydrogens (tertiary/aromatic N) is 1. The Morgan fingerprint density at radius 3 is 2.42 bits per heavy atom. The molecule has 0 unspecified atom stereocenters. The van der Waals surface area contributed by atoms with Crippen molar-refractivity contribution < 1.29 is 17.9 Å². The Kier molecular flexibility index (Phi) is 5.99. The first-order valence-electron chi connectivity index (χ1n) is 9.36. The van der Waals surface area contributed by atoms with E-state index < -0.39 is 10.0 Å². The van der Waals surface area contributed by atoms with Crippen molar-refractivity contribution in [1.82, 2.24) is 9.62 Å². The van der Waals surface area contributed by atoms with Crippen LogP contribution >= 0.6 is 0 Å². The monoisotopic (exact) mass is 380 g/mol. The SMILES string of the molecule is C[C@@H]1C[C@H](C)CN(S(=O)(=O)c2ccc(C(=O)NC[C@@H]3CCCO3)cc2)C1. The highest BCUT2D eigenvalue weighted by atomic mass is 32.2. The molecule has 6 nitrogen and oxygen atoms in total. The zero-order chi connectivity index (χ0) is 18.7. The molecule has 3 atom stereocenters. The molecule has 2 aliphatic rings. The van der Waals surface area contributed by atoms with Gasteiger partial charge in [-0.3, -0.25) is 4.79 Å². The smallest absolute Gasteiger partial charge is 0.251 e. The first kappa shape index (κ1) is 19.3. The number of nitrogens with one attached hydrogen (secondary N) is 1. The first-order chi connectivity index (χ1) is 12.4. The molecule has 2 saturated heterocycles. The summed E-state index contributed by atoms with van der Waals surface area (Å²) in [4.78, 5) is 12.5. The molecule has 0 spiro atoms. The molecule has 1 aromatic carbocycles. The number of rotatable bonds is 5. The van der Waals surface area contributed by atoms with E-state index in [1.165, 1.54) is 12.1 Å². The Hall–Kier alpha value is -1.44. The fourth-order valence-corrected chi connectivity index (χ4v) is 5.52. The summed E-state index contributed by atoms with van der Waals surface area (Å²) >= 11 is 0. The maximum Gasteiger partial charge on any atom is 0.251 e. The van der Waals surface area contributed by atoms with Crippen LogP contribution in [0.25, 0.3) is 0 Å². The van der Waals surface area contributed by atoms with Crippen molar-refractivity contribution in [2.24, 2.45) is 11.8 Å². The Labute approximate surface area is 156 Å². The van der Waals surface area contributed by atoms with Gasteiger partial charge < -0.3 is 10.1 Å². The zero-order valence-electron chi connectivity index (χ0n) is 15.5. The van der Waals surface area contributed by atoms with Gasteiger partial charge in [0.05, 0.1) is 11.0 Å². The number of sulfonamides is 1. The predicted octanol–water partition coefficient (Wildman–Crippen LogP) is 2.26. The van der Waals surface area contributed by atoms with E-state index in [1.54, 1.807) is 16.4 Å². The van der Waals surface area contributed by atoms with Crippen LogP contribution in [0, 0.1) is 11.8 Å². The number of ether oxygens (including phenoxy) is 1. The van der Waals surface area contributed by atoms with E-state index in [9.17, 15) is 13.2 Å². The molecule has 3 rings (SSSR count). The molecule has 0 aliphatic carbocycles. The Balaban J connectivity index is 1.65. The maximum atomic E-state index is 12.9. The fourth-order valence-electron chi connectivity index (χ4n) is 3.84. The van der Waals surface area contributed by atoms with Gasteiger partial charge in [-0.2, -0.15) is 4.31 Å². The van der Waals surface area contributed by atoms with Crippen molar-refractivity contribution in [3.05, 3.63) is 29.8 Å². The molecule has 1 aromatic rings. The van der Waals surface area contributed by atoms with E-state index in [4.69, 9.17) is 4.74 Å². The number of hydrogen-bond donors (Lipinski definition) is 1. The maximum absolute atomic E-state index is 12.9. The van der Waals surface area contributed by atoms with Gasteiger partial charge in [-0.25, -0.2) is 8.42 Å². The van der Waals surface area contributed by atoms with Crippen LogP contribution in [0.2, 0.25) is 0 Å². The Bertz CT molecular complexity index is 716. The van der Waals surface area contributed by atoms with Crippen molar-refractivity contribution >= 4 is 15.9 Å².